The third kappa shape index (κ3) is 2.77. The predicted octanol–water partition coefficient (Wildman–Crippen LogP) is 0.846. The third-order valence-electron chi connectivity index (χ3n) is 4.59. The number of nitrogens with zero attached hydrogens (tertiary/aromatic N) is 3. The Balaban J connectivity index is 1.38. The van der Waals surface area contributed by atoms with Crippen LogP contribution < -0.4 is 10.6 Å². The molecule has 2 N–H and O–H groups in total. The summed E-state index contributed by atoms with van der Waals surface area (Å²) in [6.07, 6.45) is 2.44. The highest BCUT2D eigenvalue weighted by molar-refractivity contribution is 5.97. The van der Waals surface area contributed by atoms with Crippen LogP contribution in [0.25, 0.3) is 11.0 Å². The Bertz CT molecular complexity index is 955. The van der Waals surface area contributed by atoms with Gasteiger partial charge in [0.15, 0.2) is 0 Å². The molecule has 0 radical (unpaired) electrons. The van der Waals surface area contributed by atoms with E-state index in [2.05, 4.69) is 15.6 Å². The van der Waals surface area contributed by atoms with Gasteiger partial charge in [-0.1, -0.05) is 12.1 Å². The molecular weight excluding hydrogens is 318 g/mol. The molecule has 0 fully saturated rings. The summed E-state index contributed by atoms with van der Waals surface area (Å²) >= 11 is 0. The lowest BCUT2D eigenvalue weighted by molar-refractivity contribution is -0.123. The van der Waals surface area contributed by atoms with E-state index in [1.165, 1.54) is 0 Å². The molecule has 0 aliphatic carbocycles. The van der Waals surface area contributed by atoms with Crippen LogP contribution >= 0.6 is 0 Å². The highest BCUT2D eigenvalue weighted by Crippen LogP contribution is 2.14. The van der Waals surface area contributed by atoms with Crippen LogP contribution in [0, 0.1) is 0 Å². The van der Waals surface area contributed by atoms with Crippen LogP contribution in [0.15, 0.2) is 42.6 Å². The molecule has 7 nitrogen and oxygen atoms in total. The highest BCUT2D eigenvalue weighted by Gasteiger charge is 2.28. The monoisotopic (exact) mass is 337 g/mol. The maximum absolute atomic E-state index is 12.4. The molecule has 128 valence electrons. The third-order valence-corrected chi connectivity index (χ3v) is 4.59. The fraction of sp³-hybridized carbons (Fsp3) is 0.278. The number of carbonyl (C=O) groups excluding carboxylic acids is 2. The van der Waals surface area contributed by atoms with Crippen molar-refractivity contribution in [1.82, 2.24) is 24.8 Å². The van der Waals surface area contributed by atoms with Gasteiger partial charge in [-0.25, -0.2) is 4.98 Å². The molecule has 4 rings (SSSR count). The number of hydrogen-bond acceptors (Lipinski definition) is 3. The number of benzene rings is 1. The minimum Gasteiger partial charge on any atom is -0.354 e. The molecule has 2 amide bonds. The molecule has 1 unspecified atom stereocenters. The van der Waals surface area contributed by atoms with E-state index in [1.54, 1.807) is 16.7 Å². The van der Waals surface area contributed by atoms with Crippen LogP contribution in [0.4, 0.5) is 0 Å². The molecule has 0 bridgehead atoms. The topological polar surface area (TPSA) is 81.0 Å². The van der Waals surface area contributed by atoms with Crippen molar-refractivity contribution in [3.05, 3.63) is 54.1 Å². The Kier molecular flexibility index (Phi) is 3.76. The molecule has 7 heteroatoms. The summed E-state index contributed by atoms with van der Waals surface area (Å²) in [5, 5.41) is 5.64. The van der Waals surface area contributed by atoms with Crippen molar-refractivity contribution in [3.8, 4) is 0 Å². The van der Waals surface area contributed by atoms with Gasteiger partial charge in [0.05, 0.1) is 17.6 Å². The molecule has 2 aromatic heterocycles. The number of amides is 2. The van der Waals surface area contributed by atoms with Crippen LogP contribution in [0.1, 0.15) is 16.3 Å². The van der Waals surface area contributed by atoms with Crippen LogP contribution in [0.5, 0.6) is 0 Å². The van der Waals surface area contributed by atoms with Crippen molar-refractivity contribution in [1.29, 1.82) is 0 Å². The van der Waals surface area contributed by atoms with Crippen molar-refractivity contribution < 1.29 is 9.59 Å². The Hall–Kier alpha value is -3.09. The van der Waals surface area contributed by atoms with Crippen LogP contribution in [0.2, 0.25) is 0 Å². The number of aryl methyl sites for hydroxylation is 1. The molecule has 0 saturated carbocycles. The van der Waals surface area contributed by atoms with Crippen molar-refractivity contribution in [2.24, 2.45) is 7.05 Å². The van der Waals surface area contributed by atoms with E-state index in [1.807, 2.05) is 42.1 Å². The zero-order valence-electron chi connectivity index (χ0n) is 13.9. The van der Waals surface area contributed by atoms with Gasteiger partial charge in [-0.15, -0.1) is 0 Å². The number of aromatic nitrogens is 3. The lowest BCUT2D eigenvalue weighted by Gasteiger charge is -2.24. The van der Waals surface area contributed by atoms with Gasteiger partial charge in [0.1, 0.15) is 17.6 Å². The molecule has 1 aliphatic heterocycles. The number of imidazole rings is 1. The molecule has 1 atom stereocenters. The molecule has 3 heterocycles. The largest absolute Gasteiger partial charge is 0.354 e. The first-order chi connectivity index (χ1) is 12.1. The maximum atomic E-state index is 12.4. The fourth-order valence-corrected chi connectivity index (χ4v) is 3.24. The number of fused-ring (bicyclic) bond motifs is 2. The molecule has 1 aromatic carbocycles. The quantitative estimate of drug-likeness (QED) is 0.740. The fourth-order valence-electron chi connectivity index (χ4n) is 3.24. The average molecular weight is 337 g/mol. The van der Waals surface area contributed by atoms with Crippen LogP contribution in [-0.4, -0.2) is 38.5 Å². The zero-order chi connectivity index (χ0) is 17.4. The van der Waals surface area contributed by atoms with E-state index in [4.69, 9.17) is 0 Å². The molecular formula is C18H19N5O2. The zero-order valence-corrected chi connectivity index (χ0v) is 13.9. The van der Waals surface area contributed by atoms with Crippen molar-refractivity contribution in [2.45, 2.75) is 19.0 Å². The van der Waals surface area contributed by atoms with Gasteiger partial charge in [0.25, 0.3) is 5.91 Å². The summed E-state index contributed by atoms with van der Waals surface area (Å²) in [7, 11) is 1.97. The molecule has 1 aliphatic rings. The van der Waals surface area contributed by atoms with E-state index >= 15 is 0 Å². The van der Waals surface area contributed by atoms with Gasteiger partial charge < -0.3 is 19.8 Å². The number of rotatable bonds is 4. The predicted molar refractivity (Wildman–Crippen MR) is 93.1 cm³/mol. The van der Waals surface area contributed by atoms with Gasteiger partial charge >= 0.3 is 0 Å². The first-order valence-corrected chi connectivity index (χ1v) is 8.27. The normalized spacial score (nSPS) is 16.5. The summed E-state index contributed by atoms with van der Waals surface area (Å²) in [5.74, 6) is 0.528. The molecule has 3 aromatic rings. The minimum absolute atomic E-state index is 0.175. The maximum Gasteiger partial charge on any atom is 0.268 e. The number of hydrogen-bond donors (Lipinski definition) is 2. The minimum atomic E-state index is -0.548. The van der Waals surface area contributed by atoms with Crippen molar-refractivity contribution >= 4 is 22.8 Å². The van der Waals surface area contributed by atoms with E-state index in [0.717, 1.165) is 16.9 Å². The Morgan fingerprint density at radius 3 is 3.00 bits per heavy atom. The Morgan fingerprint density at radius 1 is 1.32 bits per heavy atom. The van der Waals surface area contributed by atoms with Crippen LogP contribution in [0.3, 0.4) is 0 Å². The van der Waals surface area contributed by atoms with Crippen molar-refractivity contribution in [2.75, 3.05) is 6.54 Å². The van der Waals surface area contributed by atoms with Gasteiger partial charge in [-0.05, 0) is 24.3 Å². The van der Waals surface area contributed by atoms with E-state index in [9.17, 15) is 9.59 Å². The second-order valence-electron chi connectivity index (χ2n) is 6.19. The summed E-state index contributed by atoms with van der Waals surface area (Å²) in [5.41, 5.74) is 2.61. The summed E-state index contributed by atoms with van der Waals surface area (Å²) < 4.78 is 3.84. The van der Waals surface area contributed by atoms with E-state index < -0.39 is 6.04 Å². The summed E-state index contributed by atoms with van der Waals surface area (Å²) in [4.78, 5) is 28.9. The SMILES string of the molecule is Cn1c(CCNC(=O)C2Cn3cccc3C(=O)N2)nc2ccccc21. The standard InChI is InChI=1S/C18H19N5O2/c1-22-14-6-3-2-5-12(14)20-16(22)8-9-19-17(24)13-11-23-10-4-7-15(23)18(25)21-13/h2-7,10,13H,8-9,11H2,1H3,(H,19,24)(H,21,25). The molecule has 25 heavy (non-hydrogen) atoms. The number of para-hydroxylation sites is 2. The van der Waals surface area contributed by atoms with Gasteiger partial charge in [-0.2, -0.15) is 0 Å². The Labute approximate surface area is 144 Å². The second-order valence-corrected chi connectivity index (χ2v) is 6.19. The van der Waals surface area contributed by atoms with E-state index in [0.29, 0.717) is 25.2 Å². The number of carbonyl (C=O) groups is 2. The van der Waals surface area contributed by atoms with Crippen molar-refractivity contribution in [3.63, 3.8) is 0 Å². The highest BCUT2D eigenvalue weighted by atomic mass is 16.2. The lowest BCUT2D eigenvalue weighted by atomic mass is 10.2. The van der Waals surface area contributed by atoms with Gasteiger partial charge in [0, 0.05) is 26.2 Å². The Morgan fingerprint density at radius 2 is 2.16 bits per heavy atom. The van der Waals surface area contributed by atoms with E-state index in [-0.39, 0.29) is 11.8 Å². The summed E-state index contributed by atoms with van der Waals surface area (Å²) in [6, 6.07) is 10.9. The molecule has 0 spiro atoms. The first kappa shape index (κ1) is 15.4. The lowest BCUT2D eigenvalue weighted by Crippen LogP contribution is -2.52. The average Bonchev–Trinajstić information content (AvgIpc) is 3.21. The van der Waals surface area contributed by atoms with Gasteiger partial charge in [0.2, 0.25) is 5.91 Å². The van der Waals surface area contributed by atoms with Gasteiger partial charge in [-0.3, -0.25) is 9.59 Å². The summed E-state index contributed by atoms with van der Waals surface area (Å²) in [6.45, 7) is 0.924. The smallest absolute Gasteiger partial charge is 0.268 e. The first-order valence-electron chi connectivity index (χ1n) is 8.27. The number of nitrogens with one attached hydrogen (secondary N) is 2. The second kappa shape index (κ2) is 6.08. The molecule has 0 saturated heterocycles. The van der Waals surface area contributed by atoms with Crippen LogP contribution in [-0.2, 0) is 24.8 Å².